The summed E-state index contributed by atoms with van der Waals surface area (Å²) in [6, 6.07) is 7.24. The summed E-state index contributed by atoms with van der Waals surface area (Å²) < 4.78 is 25.9. The van der Waals surface area contributed by atoms with Crippen LogP contribution in [0.3, 0.4) is 0 Å². The maximum absolute atomic E-state index is 11.7. The van der Waals surface area contributed by atoms with Crippen molar-refractivity contribution in [2.24, 2.45) is 0 Å². The first-order valence-corrected chi connectivity index (χ1v) is 8.30. The summed E-state index contributed by atoms with van der Waals surface area (Å²) in [7, 11) is -3.23. The lowest BCUT2D eigenvalue weighted by Crippen LogP contribution is -2.35. The topological polar surface area (TPSA) is 46.2 Å². The van der Waals surface area contributed by atoms with Gasteiger partial charge in [-0.3, -0.25) is 0 Å². The van der Waals surface area contributed by atoms with Gasteiger partial charge in [-0.25, -0.2) is 13.1 Å². The molecule has 0 radical (unpaired) electrons. The Balaban J connectivity index is 2.51. The molecule has 0 aromatic heterocycles. The van der Waals surface area contributed by atoms with Crippen molar-refractivity contribution in [3.05, 3.63) is 34.9 Å². The standard InChI is InChI=1S/C12H17Cl2NO2S/c1-10(15-18(16,17)8-2-7-13)9-11-3-5-12(14)6-4-11/h3-6,10,15H,2,7-9H2,1H3. The van der Waals surface area contributed by atoms with E-state index in [1.165, 1.54) is 0 Å². The number of hydrogen-bond donors (Lipinski definition) is 1. The zero-order chi connectivity index (χ0) is 13.6. The lowest BCUT2D eigenvalue weighted by atomic mass is 10.1. The second-order valence-electron chi connectivity index (χ2n) is 4.21. The largest absolute Gasteiger partial charge is 0.212 e. The normalized spacial score (nSPS) is 13.5. The summed E-state index contributed by atoms with van der Waals surface area (Å²) in [6.45, 7) is 1.84. The Morgan fingerprint density at radius 2 is 1.89 bits per heavy atom. The molecule has 1 unspecified atom stereocenters. The van der Waals surface area contributed by atoms with Crippen LogP contribution in [0.15, 0.2) is 24.3 Å². The van der Waals surface area contributed by atoms with Crippen LogP contribution in [0.4, 0.5) is 0 Å². The average Bonchev–Trinajstić information content (AvgIpc) is 2.29. The first-order valence-electron chi connectivity index (χ1n) is 5.73. The average molecular weight is 310 g/mol. The third-order valence-electron chi connectivity index (χ3n) is 2.38. The van der Waals surface area contributed by atoms with Crippen LogP contribution in [0.5, 0.6) is 0 Å². The molecule has 0 aliphatic carbocycles. The molecule has 1 rings (SSSR count). The Kier molecular flexibility index (Phi) is 6.43. The summed E-state index contributed by atoms with van der Waals surface area (Å²) >= 11 is 11.3. The number of alkyl halides is 1. The number of benzene rings is 1. The molecule has 0 saturated carbocycles. The van der Waals surface area contributed by atoms with Crippen molar-refractivity contribution in [1.29, 1.82) is 0 Å². The van der Waals surface area contributed by atoms with Crippen molar-refractivity contribution in [2.75, 3.05) is 11.6 Å². The first-order chi connectivity index (χ1) is 8.43. The summed E-state index contributed by atoms with van der Waals surface area (Å²) in [5.41, 5.74) is 1.05. The molecule has 0 amide bonds. The Morgan fingerprint density at radius 3 is 2.44 bits per heavy atom. The van der Waals surface area contributed by atoms with Crippen molar-refractivity contribution < 1.29 is 8.42 Å². The molecular formula is C12H17Cl2NO2S. The van der Waals surface area contributed by atoms with Crippen molar-refractivity contribution in [3.8, 4) is 0 Å². The van der Waals surface area contributed by atoms with Gasteiger partial charge in [0.25, 0.3) is 0 Å². The molecule has 0 fully saturated rings. The van der Waals surface area contributed by atoms with Crippen molar-refractivity contribution >= 4 is 33.2 Å². The number of nitrogens with one attached hydrogen (secondary N) is 1. The highest BCUT2D eigenvalue weighted by Crippen LogP contribution is 2.11. The minimum Gasteiger partial charge on any atom is -0.212 e. The zero-order valence-corrected chi connectivity index (χ0v) is 12.5. The lowest BCUT2D eigenvalue weighted by Gasteiger charge is -2.14. The summed E-state index contributed by atoms with van der Waals surface area (Å²) in [5, 5.41) is 0.675. The molecule has 0 saturated heterocycles. The number of halogens is 2. The molecule has 6 heteroatoms. The highest BCUT2D eigenvalue weighted by atomic mass is 35.5. The van der Waals surface area contributed by atoms with E-state index in [0.717, 1.165) is 5.56 Å². The van der Waals surface area contributed by atoms with E-state index in [1.54, 1.807) is 12.1 Å². The van der Waals surface area contributed by atoms with Gasteiger partial charge < -0.3 is 0 Å². The van der Waals surface area contributed by atoms with E-state index in [9.17, 15) is 8.42 Å². The third kappa shape index (κ3) is 6.05. The highest BCUT2D eigenvalue weighted by Gasteiger charge is 2.14. The minimum atomic E-state index is -3.23. The SMILES string of the molecule is CC(Cc1ccc(Cl)cc1)NS(=O)(=O)CCCCl. The molecule has 1 aromatic rings. The van der Waals surface area contributed by atoms with Crippen LogP contribution >= 0.6 is 23.2 Å². The molecule has 18 heavy (non-hydrogen) atoms. The van der Waals surface area contributed by atoms with Gasteiger partial charge in [-0.05, 0) is 37.5 Å². The Labute approximate surface area is 119 Å². The van der Waals surface area contributed by atoms with Gasteiger partial charge in [0.05, 0.1) is 5.75 Å². The molecule has 3 nitrogen and oxygen atoms in total. The fourth-order valence-electron chi connectivity index (χ4n) is 1.63. The maximum atomic E-state index is 11.7. The van der Waals surface area contributed by atoms with Crippen LogP contribution in [-0.2, 0) is 16.4 Å². The predicted octanol–water partition coefficient (Wildman–Crippen LogP) is 2.82. The van der Waals surface area contributed by atoms with Gasteiger partial charge in [-0.15, -0.1) is 11.6 Å². The molecule has 102 valence electrons. The van der Waals surface area contributed by atoms with E-state index in [1.807, 2.05) is 19.1 Å². The van der Waals surface area contributed by atoms with Crippen molar-refractivity contribution in [1.82, 2.24) is 4.72 Å². The van der Waals surface area contributed by atoms with Gasteiger partial charge in [-0.1, -0.05) is 23.7 Å². The highest BCUT2D eigenvalue weighted by molar-refractivity contribution is 7.89. The number of sulfonamides is 1. The predicted molar refractivity (Wildman–Crippen MR) is 76.9 cm³/mol. The zero-order valence-electron chi connectivity index (χ0n) is 10.2. The van der Waals surface area contributed by atoms with Crippen molar-refractivity contribution in [2.45, 2.75) is 25.8 Å². The molecule has 0 spiro atoms. The van der Waals surface area contributed by atoms with Crippen LogP contribution in [0.1, 0.15) is 18.9 Å². The second kappa shape index (κ2) is 7.34. The smallest absolute Gasteiger partial charge is 0.211 e. The van der Waals surface area contributed by atoms with Gasteiger partial charge in [-0.2, -0.15) is 0 Å². The molecular weight excluding hydrogens is 293 g/mol. The van der Waals surface area contributed by atoms with E-state index in [0.29, 0.717) is 23.7 Å². The summed E-state index contributed by atoms with van der Waals surface area (Å²) in [4.78, 5) is 0. The van der Waals surface area contributed by atoms with Gasteiger partial charge in [0.2, 0.25) is 10.0 Å². The molecule has 0 aliphatic rings. The fraction of sp³-hybridized carbons (Fsp3) is 0.500. The molecule has 0 aliphatic heterocycles. The van der Waals surface area contributed by atoms with Crippen LogP contribution in [0.2, 0.25) is 5.02 Å². The molecule has 0 heterocycles. The number of hydrogen-bond acceptors (Lipinski definition) is 2. The van der Waals surface area contributed by atoms with Crippen LogP contribution < -0.4 is 4.72 Å². The Bertz CT molecular complexity index is 459. The molecule has 0 bridgehead atoms. The fourth-order valence-corrected chi connectivity index (χ4v) is 3.38. The second-order valence-corrected chi connectivity index (χ2v) is 6.90. The Hall–Kier alpha value is -0.290. The summed E-state index contributed by atoms with van der Waals surface area (Å²) in [6.07, 6.45) is 1.10. The van der Waals surface area contributed by atoms with Crippen LogP contribution in [-0.4, -0.2) is 26.1 Å². The minimum absolute atomic E-state index is 0.0709. The van der Waals surface area contributed by atoms with E-state index >= 15 is 0 Å². The molecule has 1 atom stereocenters. The summed E-state index contributed by atoms with van der Waals surface area (Å²) in [5.74, 6) is 0.425. The monoisotopic (exact) mass is 309 g/mol. The van der Waals surface area contributed by atoms with Crippen molar-refractivity contribution in [3.63, 3.8) is 0 Å². The van der Waals surface area contributed by atoms with E-state index in [2.05, 4.69) is 4.72 Å². The van der Waals surface area contributed by atoms with E-state index in [-0.39, 0.29) is 11.8 Å². The quantitative estimate of drug-likeness (QED) is 0.787. The molecule has 1 N–H and O–H groups in total. The Morgan fingerprint density at radius 1 is 1.28 bits per heavy atom. The van der Waals surface area contributed by atoms with Gasteiger partial charge in [0.1, 0.15) is 0 Å². The van der Waals surface area contributed by atoms with E-state index < -0.39 is 10.0 Å². The van der Waals surface area contributed by atoms with Gasteiger partial charge in [0, 0.05) is 16.9 Å². The van der Waals surface area contributed by atoms with Crippen LogP contribution in [0, 0.1) is 0 Å². The van der Waals surface area contributed by atoms with Gasteiger partial charge >= 0.3 is 0 Å². The first kappa shape index (κ1) is 15.8. The van der Waals surface area contributed by atoms with Crippen LogP contribution in [0.25, 0.3) is 0 Å². The number of rotatable bonds is 7. The van der Waals surface area contributed by atoms with E-state index in [4.69, 9.17) is 23.2 Å². The third-order valence-corrected chi connectivity index (χ3v) is 4.49. The maximum Gasteiger partial charge on any atom is 0.211 e. The molecule has 1 aromatic carbocycles. The lowest BCUT2D eigenvalue weighted by molar-refractivity contribution is 0.558. The van der Waals surface area contributed by atoms with Gasteiger partial charge in [0.15, 0.2) is 0 Å².